The van der Waals surface area contributed by atoms with Crippen molar-refractivity contribution in [1.82, 2.24) is 4.90 Å². The van der Waals surface area contributed by atoms with E-state index in [0.717, 1.165) is 7.05 Å². The molecule has 0 fully saturated rings. The van der Waals surface area contributed by atoms with Crippen LogP contribution >= 0.6 is 0 Å². The van der Waals surface area contributed by atoms with Gasteiger partial charge in [-0.05, 0) is 24.3 Å². The van der Waals surface area contributed by atoms with E-state index in [9.17, 15) is 22.8 Å². The fourth-order valence-corrected chi connectivity index (χ4v) is 1.34. The smallest absolute Gasteiger partial charge is 0.406 e. The molecule has 2 N–H and O–H groups in total. The van der Waals surface area contributed by atoms with E-state index in [-0.39, 0.29) is 11.4 Å². The first-order chi connectivity index (χ1) is 9.67. The first-order valence-corrected chi connectivity index (χ1v) is 5.71. The normalized spacial score (nSPS) is 10.9. The number of ether oxygens (including phenoxy) is 1. The Morgan fingerprint density at radius 3 is 2.33 bits per heavy atom. The zero-order valence-corrected chi connectivity index (χ0v) is 11.0. The summed E-state index contributed by atoms with van der Waals surface area (Å²) in [5, 5.41) is 10.7. The molecule has 0 unspecified atom stereocenters. The van der Waals surface area contributed by atoms with E-state index in [1.165, 1.54) is 24.3 Å². The van der Waals surface area contributed by atoms with E-state index < -0.39 is 31.3 Å². The average molecular weight is 306 g/mol. The van der Waals surface area contributed by atoms with Crippen LogP contribution in [-0.4, -0.2) is 48.4 Å². The summed E-state index contributed by atoms with van der Waals surface area (Å²) in [6, 6.07) is 4.64. The van der Waals surface area contributed by atoms with Crippen LogP contribution in [0.1, 0.15) is 0 Å². The van der Waals surface area contributed by atoms with Crippen LogP contribution in [0.25, 0.3) is 0 Å². The molecule has 1 aromatic carbocycles. The van der Waals surface area contributed by atoms with Gasteiger partial charge in [0.15, 0.2) is 6.61 Å². The van der Waals surface area contributed by atoms with Gasteiger partial charge in [0.2, 0.25) is 0 Å². The van der Waals surface area contributed by atoms with Crippen molar-refractivity contribution in [1.29, 1.82) is 0 Å². The van der Waals surface area contributed by atoms with E-state index in [0.29, 0.717) is 4.90 Å². The first-order valence-electron chi connectivity index (χ1n) is 5.71. The maximum absolute atomic E-state index is 12.1. The minimum absolute atomic E-state index is 0.261. The average Bonchev–Trinajstić information content (AvgIpc) is 2.35. The summed E-state index contributed by atoms with van der Waals surface area (Å²) in [5.74, 6) is -0.875. The van der Waals surface area contributed by atoms with Crippen LogP contribution in [-0.2, 0) is 4.79 Å². The van der Waals surface area contributed by atoms with Crippen molar-refractivity contribution < 1.29 is 32.6 Å². The highest BCUT2D eigenvalue weighted by Gasteiger charge is 2.31. The van der Waals surface area contributed by atoms with Gasteiger partial charge in [0, 0.05) is 12.7 Å². The van der Waals surface area contributed by atoms with Crippen LogP contribution in [0.3, 0.4) is 0 Å². The lowest BCUT2D eigenvalue weighted by molar-refractivity contribution is -0.139. The SMILES string of the molecule is CN(CC(F)(F)F)C(=O)Nc1ccc(OCC(=O)O)cc1. The van der Waals surface area contributed by atoms with Crippen LogP contribution in [0.5, 0.6) is 5.75 Å². The number of halogens is 3. The first kappa shape index (κ1) is 16.6. The summed E-state index contributed by atoms with van der Waals surface area (Å²) in [6.45, 7) is -1.88. The van der Waals surface area contributed by atoms with Crippen LogP contribution in [0.2, 0.25) is 0 Å². The van der Waals surface area contributed by atoms with Gasteiger partial charge in [0.05, 0.1) is 0 Å². The van der Waals surface area contributed by atoms with E-state index >= 15 is 0 Å². The number of carbonyl (C=O) groups excluding carboxylic acids is 1. The molecular formula is C12H13F3N2O4. The second-order valence-electron chi connectivity index (χ2n) is 4.11. The monoisotopic (exact) mass is 306 g/mol. The summed E-state index contributed by atoms with van der Waals surface area (Å²) in [6.07, 6.45) is -4.47. The molecule has 0 atom stereocenters. The van der Waals surface area contributed by atoms with Gasteiger partial charge in [-0.15, -0.1) is 0 Å². The van der Waals surface area contributed by atoms with Crippen molar-refractivity contribution >= 4 is 17.7 Å². The Labute approximate surface area is 118 Å². The van der Waals surface area contributed by atoms with E-state index in [2.05, 4.69) is 5.32 Å². The molecule has 0 aliphatic carbocycles. The Balaban J connectivity index is 2.55. The molecule has 116 valence electrons. The quantitative estimate of drug-likeness (QED) is 0.874. The van der Waals surface area contributed by atoms with Crippen LogP contribution < -0.4 is 10.1 Å². The number of amides is 2. The van der Waals surface area contributed by atoms with Crippen molar-refractivity contribution in [2.24, 2.45) is 0 Å². The van der Waals surface area contributed by atoms with Crippen molar-refractivity contribution in [3.05, 3.63) is 24.3 Å². The lowest BCUT2D eigenvalue weighted by atomic mass is 10.3. The van der Waals surface area contributed by atoms with Gasteiger partial charge in [-0.1, -0.05) is 0 Å². The van der Waals surface area contributed by atoms with Crippen LogP contribution in [0, 0.1) is 0 Å². The number of rotatable bonds is 5. The third kappa shape index (κ3) is 6.50. The highest BCUT2D eigenvalue weighted by Crippen LogP contribution is 2.18. The fourth-order valence-electron chi connectivity index (χ4n) is 1.34. The second-order valence-corrected chi connectivity index (χ2v) is 4.11. The van der Waals surface area contributed by atoms with Crippen LogP contribution in [0.4, 0.5) is 23.7 Å². The molecule has 0 saturated heterocycles. The number of urea groups is 1. The van der Waals surface area contributed by atoms with Gasteiger partial charge >= 0.3 is 18.2 Å². The molecule has 0 radical (unpaired) electrons. The fraction of sp³-hybridized carbons (Fsp3) is 0.333. The Kier molecular flexibility index (Phi) is 5.39. The largest absolute Gasteiger partial charge is 0.482 e. The summed E-state index contributed by atoms with van der Waals surface area (Å²) < 4.78 is 41.2. The van der Waals surface area contributed by atoms with Gasteiger partial charge in [0.25, 0.3) is 0 Å². The maximum atomic E-state index is 12.1. The zero-order chi connectivity index (χ0) is 16.0. The van der Waals surface area contributed by atoms with E-state index in [1.54, 1.807) is 0 Å². The molecule has 0 aliphatic rings. The molecule has 21 heavy (non-hydrogen) atoms. The van der Waals surface area contributed by atoms with Crippen LogP contribution in [0.15, 0.2) is 24.3 Å². The number of nitrogens with zero attached hydrogens (tertiary/aromatic N) is 1. The number of carbonyl (C=O) groups is 2. The minimum Gasteiger partial charge on any atom is -0.482 e. The number of alkyl halides is 3. The molecule has 2 amide bonds. The molecule has 0 aromatic heterocycles. The second kappa shape index (κ2) is 6.82. The van der Waals surface area contributed by atoms with Crippen molar-refractivity contribution in [3.63, 3.8) is 0 Å². The zero-order valence-electron chi connectivity index (χ0n) is 11.0. The molecule has 9 heteroatoms. The van der Waals surface area contributed by atoms with E-state index in [4.69, 9.17) is 9.84 Å². The summed E-state index contributed by atoms with van der Waals surface area (Å²) >= 11 is 0. The van der Waals surface area contributed by atoms with Gasteiger partial charge < -0.3 is 20.1 Å². The highest BCUT2D eigenvalue weighted by atomic mass is 19.4. The number of hydrogen-bond acceptors (Lipinski definition) is 3. The van der Waals surface area contributed by atoms with Gasteiger partial charge in [-0.25, -0.2) is 9.59 Å². The summed E-state index contributed by atoms with van der Waals surface area (Å²) in [4.78, 5) is 22.3. The lowest BCUT2D eigenvalue weighted by Gasteiger charge is -2.19. The Bertz CT molecular complexity index is 502. The standard InChI is InChI=1S/C12H13F3N2O4/c1-17(7-12(13,14)15)11(20)16-8-2-4-9(5-3-8)21-6-10(18)19/h2-5H,6-7H2,1H3,(H,16,20)(H,18,19). The van der Waals surface area contributed by atoms with Crippen molar-refractivity contribution in [3.8, 4) is 5.75 Å². The third-order valence-corrected chi connectivity index (χ3v) is 2.23. The van der Waals surface area contributed by atoms with Gasteiger partial charge in [-0.3, -0.25) is 0 Å². The topological polar surface area (TPSA) is 78.9 Å². The predicted molar refractivity (Wildman–Crippen MR) is 67.3 cm³/mol. The molecule has 0 bridgehead atoms. The number of nitrogens with one attached hydrogen (secondary N) is 1. The minimum atomic E-state index is -4.47. The lowest BCUT2D eigenvalue weighted by Crippen LogP contribution is -2.38. The number of carboxylic acids is 1. The number of hydrogen-bond donors (Lipinski definition) is 2. The van der Waals surface area contributed by atoms with Crippen molar-refractivity contribution in [2.75, 3.05) is 25.5 Å². The molecule has 0 spiro atoms. The highest BCUT2D eigenvalue weighted by molar-refractivity contribution is 5.89. The van der Waals surface area contributed by atoms with Gasteiger partial charge in [0.1, 0.15) is 12.3 Å². The number of anilines is 1. The summed E-state index contributed by atoms with van der Waals surface area (Å²) in [7, 11) is 1.02. The Hall–Kier alpha value is -2.45. The Morgan fingerprint density at radius 2 is 1.86 bits per heavy atom. The molecule has 1 rings (SSSR count). The molecular weight excluding hydrogens is 293 g/mol. The number of aliphatic carboxylic acids is 1. The molecule has 1 aromatic rings. The summed E-state index contributed by atoms with van der Waals surface area (Å²) in [5.41, 5.74) is 0.261. The maximum Gasteiger partial charge on any atom is 0.406 e. The number of benzene rings is 1. The molecule has 0 heterocycles. The van der Waals surface area contributed by atoms with Gasteiger partial charge in [-0.2, -0.15) is 13.2 Å². The molecule has 0 aliphatic heterocycles. The third-order valence-electron chi connectivity index (χ3n) is 2.23. The molecule has 6 nitrogen and oxygen atoms in total. The van der Waals surface area contributed by atoms with Crippen molar-refractivity contribution in [2.45, 2.75) is 6.18 Å². The molecule has 0 saturated carbocycles. The predicted octanol–water partition coefficient (Wildman–Crippen LogP) is 2.18. The van der Waals surface area contributed by atoms with E-state index in [1.807, 2.05) is 0 Å². The number of carboxylic acid groups (broad SMARTS) is 1. The Morgan fingerprint density at radius 1 is 1.29 bits per heavy atom.